The number of rotatable bonds is 5. The van der Waals surface area contributed by atoms with Crippen molar-refractivity contribution in [3.63, 3.8) is 0 Å². The summed E-state index contributed by atoms with van der Waals surface area (Å²) in [5.74, 6) is -0.177. The lowest BCUT2D eigenvalue weighted by Gasteiger charge is -2.16. The number of sulfonamides is 1. The van der Waals surface area contributed by atoms with Crippen molar-refractivity contribution in [2.75, 3.05) is 11.0 Å². The predicted molar refractivity (Wildman–Crippen MR) is 109 cm³/mol. The van der Waals surface area contributed by atoms with Gasteiger partial charge in [-0.15, -0.1) is 0 Å². The molecular weight excluding hydrogens is 362 g/mol. The summed E-state index contributed by atoms with van der Waals surface area (Å²) >= 11 is 0. The van der Waals surface area contributed by atoms with Gasteiger partial charge in [0.15, 0.2) is 0 Å². The Morgan fingerprint density at radius 3 is 2.56 bits per heavy atom. The SMILES string of the molecule is Cc1[nH]c2ccc(C(=O)NC(C)c3cccc(NS(C)(=O)=O)c3)cc2c1C. The van der Waals surface area contributed by atoms with Gasteiger partial charge in [0.2, 0.25) is 10.0 Å². The molecule has 0 aliphatic rings. The standard InChI is InChI=1S/C20H23N3O3S/c1-12-13(2)21-19-9-8-16(11-18(12)19)20(24)22-14(3)15-6-5-7-17(10-15)23-27(4,25)26/h5-11,14,21,23H,1-4H3,(H,22,24). The Kier molecular flexibility index (Phi) is 4.97. The molecular formula is C20H23N3O3S. The molecule has 27 heavy (non-hydrogen) atoms. The molecule has 1 unspecified atom stereocenters. The molecule has 1 aromatic heterocycles. The van der Waals surface area contributed by atoms with Crippen LogP contribution in [-0.2, 0) is 10.0 Å². The fourth-order valence-electron chi connectivity index (χ4n) is 3.05. The van der Waals surface area contributed by atoms with Gasteiger partial charge in [-0.25, -0.2) is 8.42 Å². The highest BCUT2D eigenvalue weighted by atomic mass is 32.2. The molecule has 2 aromatic carbocycles. The monoisotopic (exact) mass is 385 g/mol. The molecule has 142 valence electrons. The van der Waals surface area contributed by atoms with E-state index in [1.165, 1.54) is 0 Å². The highest BCUT2D eigenvalue weighted by Crippen LogP contribution is 2.23. The number of nitrogens with one attached hydrogen (secondary N) is 3. The van der Waals surface area contributed by atoms with Crippen molar-refractivity contribution in [3.8, 4) is 0 Å². The van der Waals surface area contributed by atoms with Gasteiger partial charge in [-0.05, 0) is 62.2 Å². The Morgan fingerprint density at radius 1 is 1.11 bits per heavy atom. The largest absolute Gasteiger partial charge is 0.358 e. The highest BCUT2D eigenvalue weighted by molar-refractivity contribution is 7.92. The minimum absolute atomic E-state index is 0.177. The first-order chi connectivity index (χ1) is 12.6. The Bertz CT molecular complexity index is 1120. The molecule has 3 aromatic rings. The maximum absolute atomic E-state index is 12.7. The Balaban J connectivity index is 1.79. The molecule has 0 saturated carbocycles. The number of hydrogen-bond donors (Lipinski definition) is 3. The van der Waals surface area contributed by atoms with Gasteiger partial charge in [0.05, 0.1) is 12.3 Å². The number of benzene rings is 2. The number of carbonyl (C=O) groups excluding carboxylic acids is 1. The number of aromatic nitrogens is 1. The van der Waals surface area contributed by atoms with Gasteiger partial charge in [-0.1, -0.05) is 12.1 Å². The topological polar surface area (TPSA) is 91.1 Å². The van der Waals surface area contributed by atoms with Crippen molar-refractivity contribution in [2.45, 2.75) is 26.8 Å². The molecule has 0 aliphatic carbocycles. The lowest BCUT2D eigenvalue weighted by Crippen LogP contribution is -2.26. The third kappa shape index (κ3) is 4.31. The first-order valence-corrected chi connectivity index (χ1v) is 10.5. The number of hydrogen-bond acceptors (Lipinski definition) is 3. The number of aryl methyl sites for hydroxylation is 2. The van der Waals surface area contributed by atoms with Crippen LogP contribution in [0.1, 0.15) is 40.1 Å². The number of aromatic amines is 1. The van der Waals surface area contributed by atoms with Crippen LogP contribution in [0.4, 0.5) is 5.69 Å². The molecule has 1 amide bonds. The molecule has 0 saturated heterocycles. The zero-order valence-electron chi connectivity index (χ0n) is 15.8. The average Bonchev–Trinajstić information content (AvgIpc) is 2.87. The van der Waals surface area contributed by atoms with Crippen LogP contribution >= 0.6 is 0 Å². The summed E-state index contributed by atoms with van der Waals surface area (Å²) in [5.41, 5.74) is 5.09. The van der Waals surface area contributed by atoms with E-state index in [2.05, 4.69) is 15.0 Å². The third-order valence-corrected chi connectivity index (χ3v) is 5.21. The normalized spacial score (nSPS) is 12.7. The van der Waals surface area contributed by atoms with Gasteiger partial charge < -0.3 is 10.3 Å². The zero-order chi connectivity index (χ0) is 19.8. The Labute approximate surface area is 159 Å². The number of amides is 1. The van der Waals surface area contributed by atoms with E-state index in [4.69, 9.17) is 0 Å². The van der Waals surface area contributed by atoms with Gasteiger partial charge in [0.25, 0.3) is 5.91 Å². The smallest absolute Gasteiger partial charge is 0.251 e. The maximum Gasteiger partial charge on any atom is 0.251 e. The van der Waals surface area contributed by atoms with Crippen LogP contribution in [0, 0.1) is 13.8 Å². The first-order valence-electron chi connectivity index (χ1n) is 8.61. The van der Waals surface area contributed by atoms with E-state index in [0.29, 0.717) is 11.3 Å². The molecule has 0 aliphatic heterocycles. The summed E-state index contributed by atoms with van der Waals surface area (Å²) in [7, 11) is -3.35. The van der Waals surface area contributed by atoms with Crippen molar-refractivity contribution < 1.29 is 13.2 Å². The number of H-pyrrole nitrogens is 1. The second-order valence-corrected chi connectivity index (χ2v) is 8.58. The molecule has 0 bridgehead atoms. The van der Waals surface area contributed by atoms with Crippen molar-refractivity contribution in [1.82, 2.24) is 10.3 Å². The van der Waals surface area contributed by atoms with Crippen LogP contribution in [0.2, 0.25) is 0 Å². The van der Waals surface area contributed by atoms with E-state index in [1.54, 1.807) is 24.3 Å². The first kappa shape index (κ1) is 19.0. The summed E-state index contributed by atoms with van der Waals surface area (Å²) in [4.78, 5) is 16.0. The highest BCUT2D eigenvalue weighted by Gasteiger charge is 2.14. The van der Waals surface area contributed by atoms with Crippen LogP contribution < -0.4 is 10.0 Å². The van der Waals surface area contributed by atoms with Crippen LogP contribution in [0.15, 0.2) is 42.5 Å². The molecule has 7 heteroatoms. The predicted octanol–water partition coefficient (Wildman–Crippen LogP) is 3.65. The van der Waals surface area contributed by atoms with Gasteiger partial charge in [0.1, 0.15) is 0 Å². The van der Waals surface area contributed by atoms with Crippen molar-refractivity contribution in [2.24, 2.45) is 0 Å². The Morgan fingerprint density at radius 2 is 1.85 bits per heavy atom. The van der Waals surface area contributed by atoms with Crippen LogP contribution in [0.3, 0.4) is 0 Å². The second-order valence-electron chi connectivity index (χ2n) is 6.83. The van der Waals surface area contributed by atoms with E-state index in [0.717, 1.165) is 34.0 Å². The molecule has 0 radical (unpaired) electrons. The summed E-state index contributed by atoms with van der Waals surface area (Å²) in [6, 6.07) is 12.3. The average molecular weight is 385 g/mol. The molecule has 0 fully saturated rings. The summed E-state index contributed by atoms with van der Waals surface area (Å²) in [6.07, 6.45) is 1.10. The molecule has 6 nitrogen and oxygen atoms in total. The third-order valence-electron chi connectivity index (χ3n) is 4.61. The van der Waals surface area contributed by atoms with Crippen molar-refractivity contribution in [1.29, 1.82) is 0 Å². The van der Waals surface area contributed by atoms with E-state index in [9.17, 15) is 13.2 Å². The quantitative estimate of drug-likeness (QED) is 0.626. The molecule has 0 spiro atoms. The summed E-state index contributed by atoms with van der Waals surface area (Å²) in [5, 5.41) is 4.00. The van der Waals surface area contributed by atoms with Crippen molar-refractivity contribution in [3.05, 3.63) is 64.8 Å². The Hall–Kier alpha value is -2.80. The van der Waals surface area contributed by atoms with E-state index >= 15 is 0 Å². The zero-order valence-corrected chi connectivity index (χ0v) is 16.6. The molecule has 3 N–H and O–H groups in total. The second kappa shape index (κ2) is 7.08. The summed E-state index contributed by atoms with van der Waals surface area (Å²) < 4.78 is 25.2. The maximum atomic E-state index is 12.7. The fourth-order valence-corrected chi connectivity index (χ4v) is 3.61. The lowest BCUT2D eigenvalue weighted by atomic mass is 10.1. The van der Waals surface area contributed by atoms with E-state index in [1.807, 2.05) is 39.0 Å². The number of fused-ring (bicyclic) bond motifs is 1. The van der Waals surface area contributed by atoms with Crippen LogP contribution in [0.25, 0.3) is 10.9 Å². The van der Waals surface area contributed by atoms with Gasteiger partial charge in [-0.3, -0.25) is 9.52 Å². The van der Waals surface area contributed by atoms with Gasteiger partial charge in [0, 0.05) is 27.8 Å². The number of carbonyl (C=O) groups is 1. The summed E-state index contributed by atoms with van der Waals surface area (Å²) in [6.45, 7) is 5.90. The van der Waals surface area contributed by atoms with E-state index < -0.39 is 10.0 Å². The van der Waals surface area contributed by atoms with E-state index in [-0.39, 0.29) is 11.9 Å². The fraction of sp³-hybridized carbons (Fsp3) is 0.250. The number of anilines is 1. The minimum atomic E-state index is -3.35. The molecule has 1 atom stereocenters. The van der Waals surface area contributed by atoms with Gasteiger partial charge in [-0.2, -0.15) is 0 Å². The van der Waals surface area contributed by atoms with Gasteiger partial charge >= 0.3 is 0 Å². The van der Waals surface area contributed by atoms with Crippen LogP contribution in [-0.4, -0.2) is 25.6 Å². The van der Waals surface area contributed by atoms with Crippen molar-refractivity contribution >= 4 is 32.5 Å². The molecule has 3 rings (SSSR count). The molecule has 1 heterocycles. The minimum Gasteiger partial charge on any atom is -0.358 e. The van der Waals surface area contributed by atoms with Crippen LogP contribution in [0.5, 0.6) is 0 Å². The lowest BCUT2D eigenvalue weighted by molar-refractivity contribution is 0.0940.